The molecule has 0 aliphatic carbocycles. The molecule has 0 radical (unpaired) electrons. The number of anilines is 1. The molecule has 0 saturated heterocycles. The van der Waals surface area contributed by atoms with Crippen LogP contribution in [0.15, 0.2) is 10.7 Å². The topological polar surface area (TPSA) is 98.3 Å². The molecule has 0 aliphatic rings. The first-order chi connectivity index (χ1) is 6.29. The molecule has 0 spiro atoms. The van der Waals surface area contributed by atoms with Gasteiger partial charge in [-0.25, -0.2) is 5.90 Å². The molecule has 5 heteroatoms. The summed E-state index contributed by atoms with van der Waals surface area (Å²) in [5.41, 5.74) is 5.92. The lowest BCUT2D eigenvalue weighted by molar-refractivity contribution is 0.311. The Bertz CT molecular complexity index is 158. The minimum atomic E-state index is 0. The van der Waals surface area contributed by atoms with Gasteiger partial charge in [-0.3, -0.25) is 0 Å². The van der Waals surface area contributed by atoms with Crippen LogP contribution in [-0.2, 0) is 0 Å². The van der Waals surface area contributed by atoms with Gasteiger partial charge in [-0.15, -0.1) is 0 Å². The third-order valence-electron chi connectivity index (χ3n) is 0.637. The molecular weight excluding hydrogens is 170 g/mol. The maximum atomic E-state index is 6.50. The third-order valence-corrected chi connectivity index (χ3v) is 0.637. The van der Waals surface area contributed by atoms with Crippen LogP contribution >= 0.6 is 0 Å². The van der Waals surface area contributed by atoms with Gasteiger partial charge in [-0.05, 0) is 6.92 Å². The second kappa shape index (κ2) is 17.1. The maximum absolute atomic E-state index is 6.50. The minimum absolute atomic E-state index is 0. The smallest absolute Gasteiger partial charge is 0.292 e. The SMILES string of the molecule is CC.CC.Cc1coc(N)n1.NO.[HH].[HH]. The largest absolute Gasteiger partial charge is 0.432 e. The number of nitrogens with two attached hydrogens (primary N) is 2. The van der Waals surface area contributed by atoms with Crippen molar-refractivity contribution in [3.8, 4) is 0 Å². The number of aromatic nitrogens is 1. The van der Waals surface area contributed by atoms with Gasteiger partial charge in [0.15, 0.2) is 0 Å². The fourth-order valence-electron chi connectivity index (χ4n) is 0.372. The summed E-state index contributed by atoms with van der Waals surface area (Å²) in [5.74, 6) is 3.50. The summed E-state index contributed by atoms with van der Waals surface area (Å²) in [7, 11) is 0. The molecule has 1 aromatic rings. The Kier molecular flexibility index (Phi) is 23.6. The molecule has 0 unspecified atom stereocenters. The van der Waals surface area contributed by atoms with Crippen molar-refractivity contribution in [1.29, 1.82) is 0 Å². The van der Waals surface area contributed by atoms with Gasteiger partial charge in [0.2, 0.25) is 0 Å². The zero-order valence-corrected chi connectivity index (χ0v) is 9.03. The van der Waals surface area contributed by atoms with Crippen molar-refractivity contribution < 1.29 is 12.5 Å². The van der Waals surface area contributed by atoms with Crippen LogP contribution in [0.3, 0.4) is 0 Å². The van der Waals surface area contributed by atoms with Crippen LogP contribution in [0.2, 0.25) is 0 Å². The van der Waals surface area contributed by atoms with E-state index in [2.05, 4.69) is 15.3 Å². The average molecular weight is 195 g/mol. The molecule has 0 atom stereocenters. The fourth-order valence-corrected chi connectivity index (χ4v) is 0.372. The summed E-state index contributed by atoms with van der Waals surface area (Å²) in [4.78, 5) is 3.72. The van der Waals surface area contributed by atoms with Crippen LogP contribution in [0.5, 0.6) is 0 Å². The lowest BCUT2D eigenvalue weighted by atomic mass is 10.6. The molecule has 5 nitrogen and oxygen atoms in total. The van der Waals surface area contributed by atoms with E-state index in [1.54, 1.807) is 0 Å². The van der Waals surface area contributed by atoms with Crippen molar-refractivity contribution >= 4 is 6.01 Å². The van der Waals surface area contributed by atoms with Crippen molar-refractivity contribution in [1.82, 2.24) is 4.98 Å². The number of nitrogen functional groups attached to an aromatic ring is 1. The Morgan fingerprint density at radius 1 is 1.31 bits per heavy atom. The van der Waals surface area contributed by atoms with Gasteiger partial charge >= 0.3 is 0 Å². The molecule has 13 heavy (non-hydrogen) atoms. The number of hydrogen-bond acceptors (Lipinski definition) is 5. The van der Waals surface area contributed by atoms with E-state index in [0.717, 1.165) is 5.69 Å². The molecule has 0 aliphatic heterocycles. The first kappa shape index (κ1) is 17.9. The number of oxazole rings is 1. The van der Waals surface area contributed by atoms with E-state index in [9.17, 15) is 0 Å². The van der Waals surface area contributed by atoms with Crippen LogP contribution < -0.4 is 11.6 Å². The first-order valence-electron chi connectivity index (χ1n) is 4.22. The molecule has 0 bridgehead atoms. The van der Waals surface area contributed by atoms with Crippen LogP contribution in [-0.4, -0.2) is 10.2 Å². The molecule has 5 N–H and O–H groups in total. The van der Waals surface area contributed by atoms with Crippen LogP contribution in [0, 0.1) is 6.92 Å². The van der Waals surface area contributed by atoms with Crippen molar-refractivity contribution in [2.75, 3.05) is 5.73 Å². The molecule has 0 fully saturated rings. The van der Waals surface area contributed by atoms with Crippen molar-refractivity contribution in [2.24, 2.45) is 5.90 Å². The quantitative estimate of drug-likeness (QED) is 0.552. The maximum Gasteiger partial charge on any atom is 0.292 e. The van der Waals surface area contributed by atoms with Crippen LogP contribution in [0.25, 0.3) is 0 Å². The van der Waals surface area contributed by atoms with E-state index < -0.39 is 0 Å². The van der Waals surface area contributed by atoms with E-state index >= 15 is 0 Å². The second-order valence-corrected chi connectivity index (χ2v) is 1.33. The fraction of sp³-hybridized carbons (Fsp3) is 0.625. The summed E-state index contributed by atoms with van der Waals surface area (Å²) in [6, 6.07) is 0.234. The zero-order valence-electron chi connectivity index (χ0n) is 9.03. The van der Waals surface area contributed by atoms with Gasteiger partial charge in [0.1, 0.15) is 6.26 Å². The Morgan fingerprint density at radius 2 is 1.69 bits per heavy atom. The highest BCUT2D eigenvalue weighted by Gasteiger charge is 1.88. The molecule has 0 saturated carbocycles. The highest BCUT2D eigenvalue weighted by molar-refractivity contribution is 5.10. The summed E-state index contributed by atoms with van der Waals surface area (Å²) in [5, 5.41) is 6.50. The Morgan fingerprint density at radius 3 is 1.77 bits per heavy atom. The molecule has 84 valence electrons. The van der Waals surface area contributed by atoms with Gasteiger partial charge in [0, 0.05) is 2.85 Å². The number of rotatable bonds is 0. The van der Waals surface area contributed by atoms with Gasteiger partial charge < -0.3 is 15.4 Å². The van der Waals surface area contributed by atoms with E-state index in [1.807, 2.05) is 34.6 Å². The predicted molar refractivity (Wildman–Crippen MR) is 58.6 cm³/mol. The standard InChI is InChI=1S/C4H6N2O.2C2H6.H3NO.2H2/c1-3-2-7-4(5)6-3;3*1-2;;/h2H,1H3,(H2,5,6);2*1-2H3;2H,1H2;2*1H. The van der Waals surface area contributed by atoms with E-state index in [0.29, 0.717) is 0 Å². The predicted octanol–water partition coefficient (Wildman–Crippen LogP) is 2.44. The zero-order chi connectivity index (χ0) is 11.3. The highest BCUT2D eigenvalue weighted by atomic mass is 16.4. The summed E-state index contributed by atoms with van der Waals surface area (Å²) < 4.78 is 4.63. The minimum Gasteiger partial charge on any atom is -0.432 e. The van der Waals surface area contributed by atoms with Crippen LogP contribution in [0.4, 0.5) is 6.01 Å². The molecule has 0 amide bonds. The summed E-state index contributed by atoms with van der Waals surface area (Å²) in [6.45, 7) is 9.82. The lowest BCUT2D eigenvalue weighted by Crippen LogP contribution is -1.81. The number of aryl methyl sites for hydroxylation is 1. The van der Waals surface area contributed by atoms with Crippen molar-refractivity contribution in [3.05, 3.63) is 12.0 Å². The molecule has 1 rings (SSSR count). The molecular formula is C8H25N3O2. The van der Waals surface area contributed by atoms with E-state index in [4.69, 9.17) is 10.9 Å². The van der Waals surface area contributed by atoms with Crippen molar-refractivity contribution in [3.63, 3.8) is 0 Å². The van der Waals surface area contributed by atoms with Gasteiger partial charge in [0.05, 0.1) is 5.69 Å². The van der Waals surface area contributed by atoms with E-state index in [1.165, 1.54) is 6.26 Å². The van der Waals surface area contributed by atoms with Crippen LogP contribution in [0.1, 0.15) is 36.2 Å². The number of nitrogens with zero attached hydrogens (tertiary/aromatic N) is 1. The molecule has 1 aromatic heterocycles. The van der Waals surface area contributed by atoms with Gasteiger partial charge in [-0.1, -0.05) is 27.7 Å². The normalized spacial score (nSPS) is 6.38. The highest BCUT2D eigenvalue weighted by Crippen LogP contribution is 1.98. The van der Waals surface area contributed by atoms with E-state index in [-0.39, 0.29) is 8.87 Å². The van der Waals surface area contributed by atoms with Crippen molar-refractivity contribution in [2.45, 2.75) is 34.6 Å². The summed E-state index contributed by atoms with van der Waals surface area (Å²) >= 11 is 0. The lowest BCUT2D eigenvalue weighted by Gasteiger charge is -1.70. The first-order valence-corrected chi connectivity index (χ1v) is 4.22. The van der Waals surface area contributed by atoms with Gasteiger partial charge in [0.25, 0.3) is 6.01 Å². The Hall–Kier alpha value is -1.07. The Balaban J connectivity index is -0.0000000369. The third kappa shape index (κ3) is 13.9. The second-order valence-electron chi connectivity index (χ2n) is 1.33. The molecule has 0 aromatic carbocycles. The average Bonchev–Trinajstić information content (AvgIpc) is 2.60. The Labute approximate surface area is 82.7 Å². The van der Waals surface area contributed by atoms with Gasteiger partial charge in [-0.2, -0.15) is 4.98 Å². The monoisotopic (exact) mass is 195 g/mol. The summed E-state index contributed by atoms with van der Waals surface area (Å²) in [6.07, 6.45) is 1.51. The number of hydrogen-bond donors (Lipinski definition) is 3. The molecule has 1 heterocycles.